The SMILES string of the molecule is COc1cccc(Oc2ccc3c(=O)c4ccc(CCC(N)(CO)COP(=O)(O)O)cc4oc3c2)c1. The molecule has 1 heterocycles. The lowest BCUT2D eigenvalue weighted by Gasteiger charge is -2.27. The number of phosphoric acid groups is 1. The minimum Gasteiger partial charge on any atom is -0.497 e. The van der Waals surface area contributed by atoms with Crippen LogP contribution in [0.15, 0.2) is 69.9 Å². The lowest BCUT2D eigenvalue weighted by atomic mass is 9.93. The zero-order valence-corrected chi connectivity index (χ0v) is 20.3. The monoisotopic (exact) mass is 515 g/mol. The second kappa shape index (κ2) is 10.4. The van der Waals surface area contributed by atoms with Crippen molar-refractivity contribution in [2.75, 3.05) is 20.3 Å². The normalized spacial score (nSPS) is 13.6. The summed E-state index contributed by atoms with van der Waals surface area (Å²) in [5.41, 5.74) is 5.97. The number of aryl methyl sites for hydroxylation is 1. The van der Waals surface area contributed by atoms with Crippen molar-refractivity contribution in [3.63, 3.8) is 0 Å². The van der Waals surface area contributed by atoms with Crippen molar-refractivity contribution < 1.29 is 37.9 Å². The van der Waals surface area contributed by atoms with Gasteiger partial charge in [0.2, 0.25) is 5.43 Å². The molecule has 0 aliphatic rings. The summed E-state index contributed by atoms with van der Waals surface area (Å²) in [6.45, 7) is -1.05. The van der Waals surface area contributed by atoms with Crippen molar-refractivity contribution in [2.24, 2.45) is 5.73 Å². The Hall–Kier alpha value is -3.24. The van der Waals surface area contributed by atoms with E-state index in [2.05, 4.69) is 4.52 Å². The summed E-state index contributed by atoms with van der Waals surface area (Å²) in [4.78, 5) is 30.9. The van der Waals surface area contributed by atoms with Crippen LogP contribution in [-0.2, 0) is 15.5 Å². The number of methoxy groups -OCH3 is 1. The summed E-state index contributed by atoms with van der Waals surface area (Å²) in [6.07, 6.45) is 0.517. The number of ether oxygens (including phenoxy) is 2. The molecule has 3 aromatic carbocycles. The molecular formula is C25H26NO9P. The van der Waals surface area contributed by atoms with E-state index in [1.54, 1.807) is 67.8 Å². The zero-order valence-electron chi connectivity index (χ0n) is 19.4. The average molecular weight is 515 g/mol. The quantitative estimate of drug-likeness (QED) is 0.182. The van der Waals surface area contributed by atoms with Gasteiger partial charge in [-0.05, 0) is 54.8 Å². The predicted molar refractivity (Wildman–Crippen MR) is 133 cm³/mol. The van der Waals surface area contributed by atoms with Gasteiger partial charge in [-0.1, -0.05) is 12.1 Å². The van der Waals surface area contributed by atoms with Crippen molar-refractivity contribution in [1.82, 2.24) is 0 Å². The Bertz CT molecular complexity index is 1500. The van der Waals surface area contributed by atoms with Gasteiger partial charge in [-0.2, -0.15) is 0 Å². The largest absolute Gasteiger partial charge is 0.497 e. The van der Waals surface area contributed by atoms with Gasteiger partial charge in [0.15, 0.2) is 0 Å². The number of hydrogen-bond acceptors (Lipinski definition) is 8. The van der Waals surface area contributed by atoms with Gasteiger partial charge in [-0.15, -0.1) is 0 Å². The van der Waals surface area contributed by atoms with E-state index in [0.29, 0.717) is 45.6 Å². The number of rotatable bonds is 10. The molecule has 5 N–H and O–H groups in total. The minimum absolute atomic E-state index is 0.172. The summed E-state index contributed by atoms with van der Waals surface area (Å²) < 4.78 is 32.6. The first kappa shape index (κ1) is 25.8. The Morgan fingerprint density at radius 1 is 0.972 bits per heavy atom. The van der Waals surface area contributed by atoms with E-state index in [4.69, 9.17) is 29.4 Å². The second-order valence-electron chi connectivity index (χ2n) is 8.49. The Labute approximate surface area is 206 Å². The maximum Gasteiger partial charge on any atom is 0.469 e. The van der Waals surface area contributed by atoms with Crippen molar-refractivity contribution in [2.45, 2.75) is 18.4 Å². The number of nitrogens with two attached hydrogens (primary N) is 1. The fourth-order valence-electron chi connectivity index (χ4n) is 3.70. The third-order valence-electron chi connectivity index (χ3n) is 5.73. The maximum atomic E-state index is 13.0. The molecule has 11 heteroatoms. The lowest BCUT2D eigenvalue weighted by Crippen LogP contribution is -2.48. The Morgan fingerprint density at radius 2 is 1.64 bits per heavy atom. The van der Waals surface area contributed by atoms with Crippen LogP contribution in [0.5, 0.6) is 17.2 Å². The molecule has 0 aliphatic heterocycles. The first-order valence-electron chi connectivity index (χ1n) is 11.0. The topological polar surface area (TPSA) is 162 Å². The number of fused-ring (bicyclic) bond motifs is 2. The fourth-order valence-corrected chi connectivity index (χ4v) is 4.12. The third-order valence-corrected chi connectivity index (χ3v) is 6.20. The Kier molecular flexibility index (Phi) is 7.46. The summed E-state index contributed by atoms with van der Waals surface area (Å²) in [7, 11) is -3.15. The molecule has 0 radical (unpaired) electrons. The predicted octanol–water partition coefficient (Wildman–Crippen LogP) is 3.48. The molecular weight excluding hydrogens is 489 g/mol. The van der Waals surface area contributed by atoms with Gasteiger partial charge in [0.1, 0.15) is 28.4 Å². The van der Waals surface area contributed by atoms with E-state index in [9.17, 15) is 14.5 Å². The average Bonchev–Trinajstić information content (AvgIpc) is 2.86. The fraction of sp³-hybridized carbons (Fsp3) is 0.240. The van der Waals surface area contributed by atoms with Crippen LogP contribution in [0.25, 0.3) is 21.9 Å². The Morgan fingerprint density at radius 3 is 2.33 bits per heavy atom. The molecule has 0 spiro atoms. The molecule has 1 unspecified atom stereocenters. The van der Waals surface area contributed by atoms with Crippen LogP contribution in [0.3, 0.4) is 0 Å². The van der Waals surface area contributed by atoms with Crippen LogP contribution < -0.4 is 20.6 Å². The highest BCUT2D eigenvalue weighted by atomic mass is 31.2. The van der Waals surface area contributed by atoms with Crippen LogP contribution in [0, 0.1) is 0 Å². The molecule has 4 aromatic rings. The van der Waals surface area contributed by atoms with E-state index in [1.165, 1.54) is 0 Å². The van der Waals surface area contributed by atoms with E-state index in [-0.39, 0.29) is 11.8 Å². The first-order valence-corrected chi connectivity index (χ1v) is 12.5. The zero-order chi connectivity index (χ0) is 25.9. The van der Waals surface area contributed by atoms with E-state index < -0.39 is 26.6 Å². The van der Waals surface area contributed by atoms with Crippen LogP contribution >= 0.6 is 7.82 Å². The standard InChI is InChI=1S/C25H26NO9P/c1-32-17-3-2-4-18(12-17)34-19-6-8-21-23(13-19)35-22-11-16(5-7-20(22)24(21)28)9-10-25(26,14-27)15-33-36(29,30)31/h2-8,11-13,27H,9-10,14-15,26H2,1H3,(H2,29,30,31). The highest BCUT2D eigenvalue weighted by Gasteiger charge is 2.28. The third kappa shape index (κ3) is 6.11. The van der Waals surface area contributed by atoms with Gasteiger partial charge in [0.05, 0.1) is 36.6 Å². The van der Waals surface area contributed by atoms with E-state index in [1.807, 2.05) is 0 Å². The van der Waals surface area contributed by atoms with Crippen molar-refractivity contribution in [3.05, 3.63) is 76.5 Å². The molecule has 1 atom stereocenters. The molecule has 0 saturated carbocycles. The second-order valence-corrected chi connectivity index (χ2v) is 9.72. The molecule has 0 aliphatic carbocycles. The van der Waals surface area contributed by atoms with Crippen LogP contribution in [-0.4, -0.2) is 40.8 Å². The molecule has 0 amide bonds. The molecule has 1 aromatic heterocycles. The molecule has 0 fully saturated rings. The first-order chi connectivity index (χ1) is 17.1. The van der Waals surface area contributed by atoms with Crippen LogP contribution in [0.1, 0.15) is 12.0 Å². The molecule has 36 heavy (non-hydrogen) atoms. The number of hydrogen-bond donors (Lipinski definition) is 4. The number of benzene rings is 3. The lowest BCUT2D eigenvalue weighted by molar-refractivity contribution is 0.102. The van der Waals surface area contributed by atoms with E-state index in [0.717, 1.165) is 5.56 Å². The summed E-state index contributed by atoms with van der Waals surface area (Å²) in [5, 5.41) is 10.4. The number of aliphatic hydroxyl groups excluding tert-OH is 1. The molecule has 0 saturated heterocycles. The van der Waals surface area contributed by atoms with Gasteiger partial charge in [0, 0.05) is 12.1 Å². The molecule has 190 valence electrons. The van der Waals surface area contributed by atoms with E-state index >= 15 is 0 Å². The maximum absolute atomic E-state index is 13.0. The summed E-state index contributed by atoms with van der Waals surface area (Å²) >= 11 is 0. The smallest absolute Gasteiger partial charge is 0.469 e. The highest BCUT2D eigenvalue weighted by molar-refractivity contribution is 7.46. The number of phosphoric ester groups is 1. The molecule has 10 nitrogen and oxygen atoms in total. The van der Waals surface area contributed by atoms with Crippen molar-refractivity contribution in [1.29, 1.82) is 0 Å². The minimum atomic E-state index is -4.72. The van der Waals surface area contributed by atoms with Gasteiger partial charge in [-0.3, -0.25) is 9.32 Å². The van der Waals surface area contributed by atoms with Crippen molar-refractivity contribution in [3.8, 4) is 17.2 Å². The summed E-state index contributed by atoms with van der Waals surface area (Å²) in [6, 6.07) is 17.2. The van der Waals surface area contributed by atoms with Gasteiger partial charge < -0.3 is 34.5 Å². The number of aliphatic hydroxyl groups is 1. The van der Waals surface area contributed by atoms with Crippen molar-refractivity contribution >= 4 is 29.8 Å². The summed E-state index contributed by atoms with van der Waals surface area (Å²) in [5.74, 6) is 1.70. The molecule has 0 bridgehead atoms. The Balaban J connectivity index is 1.59. The van der Waals surface area contributed by atoms with Gasteiger partial charge in [-0.25, -0.2) is 4.57 Å². The van der Waals surface area contributed by atoms with Gasteiger partial charge >= 0.3 is 7.82 Å². The molecule has 4 rings (SSSR count). The highest BCUT2D eigenvalue weighted by Crippen LogP contribution is 2.37. The van der Waals surface area contributed by atoms with Crippen LogP contribution in [0.4, 0.5) is 0 Å². The van der Waals surface area contributed by atoms with Gasteiger partial charge in [0.25, 0.3) is 0 Å². The van der Waals surface area contributed by atoms with Crippen LogP contribution in [0.2, 0.25) is 0 Å².